The van der Waals surface area contributed by atoms with Gasteiger partial charge in [0.05, 0.1) is 12.0 Å². The Bertz CT molecular complexity index is 634. The highest BCUT2D eigenvalue weighted by molar-refractivity contribution is 6.02. The summed E-state index contributed by atoms with van der Waals surface area (Å²) in [7, 11) is 0. The third-order valence-corrected chi connectivity index (χ3v) is 5.26. The summed E-state index contributed by atoms with van der Waals surface area (Å²) in [4.78, 5) is 68.4. The number of imide groups is 2. The van der Waals surface area contributed by atoms with Gasteiger partial charge in [-0.2, -0.15) is 5.06 Å². The lowest BCUT2D eigenvalue weighted by molar-refractivity contribution is -0.279. The maximum atomic E-state index is 12.2. The summed E-state index contributed by atoms with van der Waals surface area (Å²) >= 11 is 0. The van der Waals surface area contributed by atoms with Gasteiger partial charge in [0.15, 0.2) is 0 Å². The molecule has 9 heteroatoms. The second kappa shape index (κ2) is 4.85. The smallest absolute Gasteiger partial charge is 0.330 e. The molecule has 5 rings (SSSR count). The third-order valence-electron chi connectivity index (χ3n) is 5.26. The molecule has 0 atom stereocenters. The Morgan fingerprint density at radius 2 is 1.29 bits per heavy atom. The molecule has 3 saturated carbocycles. The van der Waals surface area contributed by atoms with Gasteiger partial charge in [-0.1, -0.05) is 0 Å². The molecule has 24 heavy (non-hydrogen) atoms. The van der Waals surface area contributed by atoms with Crippen molar-refractivity contribution in [3.05, 3.63) is 0 Å². The molecule has 128 valence electrons. The Morgan fingerprint density at radius 1 is 0.833 bits per heavy atom. The first-order chi connectivity index (χ1) is 11.3. The maximum absolute atomic E-state index is 12.2. The number of nitrogens with zero attached hydrogens (tertiary/aromatic N) is 2. The van der Waals surface area contributed by atoms with Crippen LogP contribution in [-0.2, 0) is 33.6 Å². The SMILES string of the molecule is O=C1CCC(=O)N1OCC12CC(C(=O)ON3C(=O)CCC3=O)(C1)C2. The average Bonchev–Trinajstić information content (AvgIpc) is 2.93. The molecular weight excluding hydrogens is 320 g/mol. The fraction of sp³-hybridized carbons (Fsp3) is 0.667. The predicted molar refractivity (Wildman–Crippen MR) is 72.9 cm³/mol. The van der Waals surface area contributed by atoms with Crippen LogP contribution in [0.1, 0.15) is 44.9 Å². The molecule has 4 amide bonds. The first kappa shape index (κ1) is 15.3. The molecule has 0 aromatic rings. The van der Waals surface area contributed by atoms with Crippen LogP contribution in [0.15, 0.2) is 0 Å². The molecule has 0 unspecified atom stereocenters. The molecule has 2 saturated heterocycles. The van der Waals surface area contributed by atoms with Gasteiger partial charge in [0.25, 0.3) is 23.6 Å². The van der Waals surface area contributed by atoms with E-state index in [-0.39, 0.29) is 49.5 Å². The zero-order valence-electron chi connectivity index (χ0n) is 12.9. The highest BCUT2D eigenvalue weighted by Crippen LogP contribution is 2.73. The van der Waals surface area contributed by atoms with Crippen LogP contribution < -0.4 is 0 Å². The van der Waals surface area contributed by atoms with Gasteiger partial charge in [0, 0.05) is 25.7 Å². The molecule has 9 nitrogen and oxygen atoms in total. The molecule has 5 fully saturated rings. The summed E-state index contributed by atoms with van der Waals surface area (Å²) < 4.78 is 0. The van der Waals surface area contributed by atoms with E-state index in [0.29, 0.717) is 24.3 Å². The number of hydroxylamine groups is 4. The maximum Gasteiger partial charge on any atom is 0.339 e. The van der Waals surface area contributed by atoms with E-state index in [2.05, 4.69) is 0 Å². The number of carbonyl (C=O) groups excluding carboxylic acids is 5. The Balaban J connectivity index is 1.29. The van der Waals surface area contributed by atoms with Crippen molar-refractivity contribution in [3.63, 3.8) is 0 Å². The second-order valence-electron chi connectivity index (χ2n) is 7.13. The van der Waals surface area contributed by atoms with Crippen molar-refractivity contribution < 1.29 is 33.6 Å². The third kappa shape index (κ3) is 2.07. The van der Waals surface area contributed by atoms with Gasteiger partial charge in [-0.05, 0) is 24.7 Å². The quantitative estimate of drug-likeness (QED) is 0.642. The van der Waals surface area contributed by atoms with E-state index >= 15 is 0 Å². The van der Waals surface area contributed by atoms with Crippen molar-refractivity contribution >= 4 is 29.6 Å². The molecule has 3 aliphatic carbocycles. The van der Waals surface area contributed by atoms with Gasteiger partial charge in [-0.3, -0.25) is 24.0 Å². The number of rotatable bonds is 5. The van der Waals surface area contributed by atoms with Gasteiger partial charge < -0.3 is 4.84 Å². The summed E-state index contributed by atoms with van der Waals surface area (Å²) in [5, 5.41) is 1.38. The summed E-state index contributed by atoms with van der Waals surface area (Å²) in [5.74, 6) is -2.24. The molecule has 0 aromatic carbocycles. The van der Waals surface area contributed by atoms with E-state index in [0.717, 1.165) is 5.06 Å². The van der Waals surface area contributed by atoms with Crippen LogP contribution in [0.25, 0.3) is 0 Å². The zero-order chi connectivity index (χ0) is 17.1. The number of hydrogen-bond acceptors (Lipinski definition) is 7. The molecule has 2 bridgehead atoms. The van der Waals surface area contributed by atoms with Crippen LogP contribution >= 0.6 is 0 Å². The van der Waals surface area contributed by atoms with Crippen LogP contribution in [0.2, 0.25) is 0 Å². The summed E-state index contributed by atoms with van der Waals surface area (Å²) in [6.07, 6.45) is 1.98. The average molecular weight is 336 g/mol. The van der Waals surface area contributed by atoms with Crippen LogP contribution in [-0.4, -0.2) is 46.3 Å². The number of hydrogen-bond donors (Lipinski definition) is 0. The van der Waals surface area contributed by atoms with E-state index in [9.17, 15) is 24.0 Å². The van der Waals surface area contributed by atoms with Crippen molar-refractivity contribution in [3.8, 4) is 0 Å². The van der Waals surface area contributed by atoms with Crippen LogP contribution in [0, 0.1) is 10.8 Å². The predicted octanol–water partition coefficient (Wildman–Crippen LogP) is -0.156. The molecule has 2 heterocycles. The topological polar surface area (TPSA) is 110 Å². The monoisotopic (exact) mass is 336 g/mol. The second-order valence-corrected chi connectivity index (χ2v) is 7.13. The Hall–Kier alpha value is -2.29. The molecule has 0 spiro atoms. The first-order valence-electron chi connectivity index (χ1n) is 7.91. The van der Waals surface area contributed by atoms with Gasteiger partial charge in [0.1, 0.15) is 0 Å². The van der Waals surface area contributed by atoms with Gasteiger partial charge in [-0.25, -0.2) is 4.79 Å². The minimum atomic E-state index is -0.675. The molecule has 0 N–H and O–H groups in total. The lowest BCUT2D eigenvalue weighted by atomic mass is 9.35. The van der Waals surface area contributed by atoms with Gasteiger partial charge in [0.2, 0.25) is 0 Å². The van der Waals surface area contributed by atoms with Crippen LogP contribution in [0.5, 0.6) is 0 Å². The summed E-state index contributed by atoms with van der Waals surface area (Å²) in [6, 6.07) is 0. The van der Waals surface area contributed by atoms with Gasteiger partial charge in [-0.15, -0.1) is 5.06 Å². The van der Waals surface area contributed by atoms with E-state index in [1.54, 1.807) is 0 Å². The van der Waals surface area contributed by atoms with E-state index in [1.807, 2.05) is 0 Å². The minimum Gasteiger partial charge on any atom is -0.330 e. The van der Waals surface area contributed by atoms with Crippen molar-refractivity contribution in [1.82, 2.24) is 10.1 Å². The van der Waals surface area contributed by atoms with E-state index in [1.165, 1.54) is 0 Å². The largest absolute Gasteiger partial charge is 0.339 e. The normalized spacial score (nSPS) is 34.5. The molecule has 0 radical (unpaired) electrons. The Kier molecular flexibility index (Phi) is 3.08. The van der Waals surface area contributed by atoms with Crippen molar-refractivity contribution in [2.45, 2.75) is 44.9 Å². The number of carbonyl (C=O) groups is 5. The molecule has 5 aliphatic rings. The van der Waals surface area contributed by atoms with E-state index in [4.69, 9.17) is 9.68 Å². The molecule has 0 aromatic heterocycles. The first-order valence-corrected chi connectivity index (χ1v) is 7.91. The van der Waals surface area contributed by atoms with E-state index < -0.39 is 23.2 Å². The molecular formula is C15H16N2O7. The fourth-order valence-electron chi connectivity index (χ4n) is 4.11. The zero-order valence-corrected chi connectivity index (χ0v) is 12.9. The van der Waals surface area contributed by atoms with Crippen molar-refractivity contribution in [1.29, 1.82) is 0 Å². The fourth-order valence-corrected chi connectivity index (χ4v) is 4.11. The van der Waals surface area contributed by atoms with Crippen LogP contribution in [0.4, 0.5) is 0 Å². The standard InChI is InChI=1S/C15H16N2O7/c18-9-1-2-10(19)16(9)23-8-14-5-15(6-14,7-14)13(22)24-17-11(20)3-4-12(17)21/h1-8H2. The van der Waals surface area contributed by atoms with Crippen molar-refractivity contribution in [2.75, 3.05) is 6.61 Å². The summed E-state index contributed by atoms with van der Waals surface area (Å²) in [5.41, 5.74) is -0.910. The Morgan fingerprint density at radius 3 is 1.79 bits per heavy atom. The highest BCUT2D eigenvalue weighted by atomic mass is 16.7. The lowest BCUT2D eigenvalue weighted by Crippen LogP contribution is -2.68. The number of amides is 4. The van der Waals surface area contributed by atoms with Crippen LogP contribution in [0.3, 0.4) is 0 Å². The molecule has 2 aliphatic heterocycles. The Labute approximate surface area is 136 Å². The lowest BCUT2D eigenvalue weighted by Gasteiger charge is -2.68. The highest BCUT2D eigenvalue weighted by Gasteiger charge is 2.73. The van der Waals surface area contributed by atoms with Crippen molar-refractivity contribution in [2.24, 2.45) is 10.8 Å². The summed E-state index contributed by atoms with van der Waals surface area (Å²) in [6.45, 7) is 0.196. The van der Waals surface area contributed by atoms with Gasteiger partial charge >= 0.3 is 5.97 Å². The minimum absolute atomic E-state index is 0.0643.